The summed E-state index contributed by atoms with van der Waals surface area (Å²) in [5.74, 6) is -0.889. The molecule has 0 radical (unpaired) electrons. The number of aromatic carboxylic acids is 1. The molecule has 1 aliphatic heterocycles. The van der Waals surface area contributed by atoms with Crippen LogP contribution in [0.4, 0.5) is 11.4 Å². The number of carboxylic acid groups (broad SMARTS) is 1. The highest BCUT2D eigenvalue weighted by Gasteiger charge is 2.24. The number of hydrogen-bond acceptors (Lipinski definition) is 4. The Labute approximate surface area is 188 Å². The van der Waals surface area contributed by atoms with Crippen LogP contribution in [0.1, 0.15) is 20.7 Å². The van der Waals surface area contributed by atoms with Crippen LogP contribution in [0.2, 0.25) is 0 Å². The fourth-order valence-electron chi connectivity index (χ4n) is 4.01. The lowest BCUT2D eigenvalue weighted by atomic mass is 9.98. The molecule has 164 valence electrons. The van der Waals surface area contributed by atoms with Gasteiger partial charge >= 0.3 is 5.97 Å². The molecule has 0 bridgehead atoms. The highest BCUT2D eigenvalue weighted by molar-refractivity contribution is 6.01. The second-order valence-corrected chi connectivity index (χ2v) is 8.12. The van der Waals surface area contributed by atoms with Crippen molar-refractivity contribution < 1.29 is 14.7 Å². The molecular formula is C26H27N3O3. The van der Waals surface area contributed by atoms with E-state index in [-0.39, 0.29) is 11.5 Å². The summed E-state index contributed by atoms with van der Waals surface area (Å²) in [6.45, 7) is 2.65. The number of carbonyl (C=O) groups is 2. The Hall–Kier alpha value is -3.80. The molecule has 32 heavy (non-hydrogen) atoms. The van der Waals surface area contributed by atoms with E-state index in [4.69, 9.17) is 5.11 Å². The van der Waals surface area contributed by atoms with E-state index in [1.165, 1.54) is 0 Å². The largest absolute Gasteiger partial charge is 0.478 e. The Kier molecular flexibility index (Phi) is 6.12. The molecular weight excluding hydrogens is 402 g/mol. The summed E-state index contributed by atoms with van der Waals surface area (Å²) in [7, 11) is 4.01. The van der Waals surface area contributed by atoms with Gasteiger partial charge < -0.3 is 19.8 Å². The van der Waals surface area contributed by atoms with Crippen molar-refractivity contribution in [2.45, 2.75) is 0 Å². The summed E-state index contributed by atoms with van der Waals surface area (Å²) >= 11 is 0. The molecule has 0 unspecified atom stereocenters. The van der Waals surface area contributed by atoms with Crippen LogP contribution in [-0.2, 0) is 0 Å². The second-order valence-electron chi connectivity index (χ2n) is 8.12. The van der Waals surface area contributed by atoms with Crippen molar-refractivity contribution in [2.24, 2.45) is 0 Å². The Morgan fingerprint density at radius 1 is 0.812 bits per heavy atom. The second kappa shape index (κ2) is 9.14. The van der Waals surface area contributed by atoms with E-state index >= 15 is 0 Å². The maximum atomic E-state index is 13.4. The molecule has 4 rings (SSSR count). The minimum absolute atomic E-state index is 0.0400. The molecule has 0 spiro atoms. The molecule has 6 nitrogen and oxygen atoms in total. The normalized spacial score (nSPS) is 13.7. The smallest absolute Gasteiger partial charge is 0.335 e. The molecule has 1 fully saturated rings. The molecule has 0 aliphatic carbocycles. The lowest BCUT2D eigenvalue weighted by Gasteiger charge is -2.36. The number of nitrogens with zero attached hydrogens (tertiary/aromatic N) is 3. The summed E-state index contributed by atoms with van der Waals surface area (Å²) in [6.07, 6.45) is 0. The van der Waals surface area contributed by atoms with E-state index in [1.54, 1.807) is 12.1 Å². The number of rotatable bonds is 5. The van der Waals surface area contributed by atoms with Gasteiger partial charge in [-0.1, -0.05) is 30.3 Å². The van der Waals surface area contributed by atoms with Crippen molar-refractivity contribution in [3.63, 3.8) is 0 Å². The van der Waals surface area contributed by atoms with Crippen LogP contribution in [0, 0.1) is 0 Å². The lowest BCUT2D eigenvalue weighted by molar-refractivity contribution is 0.0695. The monoisotopic (exact) mass is 429 g/mol. The van der Waals surface area contributed by atoms with Gasteiger partial charge in [0.1, 0.15) is 0 Å². The zero-order valence-electron chi connectivity index (χ0n) is 18.4. The number of amides is 1. The molecule has 1 saturated heterocycles. The van der Waals surface area contributed by atoms with E-state index in [2.05, 4.69) is 34.1 Å². The van der Waals surface area contributed by atoms with Crippen LogP contribution in [0.25, 0.3) is 11.1 Å². The molecule has 0 atom stereocenters. The van der Waals surface area contributed by atoms with Crippen molar-refractivity contribution in [3.05, 3.63) is 83.9 Å². The van der Waals surface area contributed by atoms with E-state index in [1.807, 2.05) is 55.4 Å². The minimum Gasteiger partial charge on any atom is -0.478 e. The first-order chi connectivity index (χ1) is 15.4. The lowest BCUT2D eigenvalue weighted by Crippen LogP contribution is -2.48. The quantitative estimate of drug-likeness (QED) is 0.662. The van der Waals surface area contributed by atoms with Gasteiger partial charge in [-0.3, -0.25) is 4.79 Å². The van der Waals surface area contributed by atoms with Gasteiger partial charge in [-0.2, -0.15) is 0 Å². The molecule has 3 aromatic rings. The highest BCUT2D eigenvalue weighted by atomic mass is 16.4. The third kappa shape index (κ3) is 4.44. The van der Waals surface area contributed by atoms with Crippen LogP contribution in [0.5, 0.6) is 0 Å². The average molecular weight is 430 g/mol. The van der Waals surface area contributed by atoms with E-state index in [9.17, 15) is 9.59 Å². The number of anilines is 2. The van der Waals surface area contributed by atoms with Gasteiger partial charge in [0.15, 0.2) is 0 Å². The maximum Gasteiger partial charge on any atom is 0.335 e. The SMILES string of the molecule is CN(C)c1ccc(-c2ccccc2C(=O)N2CCN(c3ccc(C(=O)O)cc3)CC2)cc1. The van der Waals surface area contributed by atoms with E-state index in [0.29, 0.717) is 31.7 Å². The van der Waals surface area contributed by atoms with Gasteiger partial charge in [-0.15, -0.1) is 0 Å². The first-order valence-corrected chi connectivity index (χ1v) is 10.7. The van der Waals surface area contributed by atoms with Crippen molar-refractivity contribution in [3.8, 4) is 11.1 Å². The van der Waals surface area contributed by atoms with Gasteiger partial charge in [0, 0.05) is 57.2 Å². The fraction of sp³-hybridized carbons (Fsp3) is 0.231. The molecule has 0 saturated carbocycles. The molecule has 0 aromatic heterocycles. The number of carboxylic acids is 1. The summed E-state index contributed by atoms with van der Waals surface area (Å²) in [5.41, 5.74) is 5.04. The summed E-state index contributed by atoms with van der Waals surface area (Å²) in [5, 5.41) is 9.07. The van der Waals surface area contributed by atoms with Gasteiger partial charge in [0.05, 0.1) is 5.56 Å². The van der Waals surface area contributed by atoms with Gasteiger partial charge in [-0.25, -0.2) is 4.79 Å². The molecule has 1 amide bonds. The van der Waals surface area contributed by atoms with Crippen molar-refractivity contribution in [2.75, 3.05) is 50.1 Å². The first-order valence-electron chi connectivity index (χ1n) is 10.7. The third-order valence-corrected chi connectivity index (χ3v) is 5.90. The summed E-state index contributed by atoms with van der Waals surface area (Å²) in [4.78, 5) is 30.6. The van der Waals surface area contributed by atoms with E-state index in [0.717, 1.165) is 22.5 Å². The topological polar surface area (TPSA) is 64.1 Å². The molecule has 1 N–H and O–H groups in total. The third-order valence-electron chi connectivity index (χ3n) is 5.90. The maximum absolute atomic E-state index is 13.4. The molecule has 1 heterocycles. The van der Waals surface area contributed by atoms with Crippen LogP contribution in [0.15, 0.2) is 72.8 Å². The minimum atomic E-state index is -0.929. The van der Waals surface area contributed by atoms with Crippen molar-refractivity contribution in [1.82, 2.24) is 4.90 Å². The summed E-state index contributed by atoms with van der Waals surface area (Å²) in [6, 6.07) is 22.9. The number of benzene rings is 3. The Balaban J connectivity index is 1.47. The number of piperazine rings is 1. The Bertz CT molecular complexity index is 1100. The van der Waals surface area contributed by atoms with Crippen LogP contribution < -0.4 is 9.80 Å². The number of hydrogen-bond donors (Lipinski definition) is 1. The molecule has 1 aliphatic rings. The number of carbonyl (C=O) groups excluding carboxylic acids is 1. The average Bonchev–Trinajstić information content (AvgIpc) is 2.84. The zero-order valence-corrected chi connectivity index (χ0v) is 18.4. The standard InChI is InChI=1S/C26H27N3O3/c1-27(2)21-11-7-19(8-12-21)23-5-3-4-6-24(23)25(30)29-17-15-28(16-18-29)22-13-9-20(10-14-22)26(31)32/h3-14H,15-18H2,1-2H3,(H,31,32). The van der Waals surface area contributed by atoms with Crippen molar-refractivity contribution in [1.29, 1.82) is 0 Å². The molecule has 6 heteroatoms. The van der Waals surface area contributed by atoms with Crippen molar-refractivity contribution >= 4 is 23.3 Å². The Morgan fingerprint density at radius 3 is 2.03 bits per heavy atom. The Morgan fingerprint density at radius 2 is 1.44 bits per heavy atom. The van der Waals surface area contributed by atoms with Crippen LogP contribution in [0.3, 0.4) is 0 Å². The predicted octanol–water partition coefficient (Wildman–Crippen LogP) is 4.08. The van der Waals surface area contributed by atoms with E-state index < -0.39 is 5.97 Å². The van der Waals surface area contributed by atoms with Gasteiger partial charge in [0.2, 0.25) is 0 Å². The van der Waals surface area contributed by atoms with Crippen LogP contribution >= 0.6 is 0 Å². The van der Waals surface area contributed by atoms with Crippen LogP contribution in [-0.4, -0.2) is 62.2 Å². The first kappa shape index (κ1) is 21.4. The van der Waals surface area contributed by atoms with Gasteiger partial charge in [-0.05, 0) is 53.6 Å². The predicted molar refractivity (Wildman–Crippen MR) is 128 cm³/mol. The zero-order chi connectivity index (χ0) is 22.7. The highest BCUT2D eigenvalue weighted by Crippen LogP contribution is 2.27. The fourth-order valence-corrected chi connectivity index (χ4v) is 4.01. The van der Waals surface area contributed by atoms with Gasteiger partial charge in [0.25, 0.3) is 5.91 Å². The summed E-state index contributed by atoms with van der Waals surface area (Å²) < 4.78 is 0. The molecule has 3 aromatic carbocycles.